The van der Waals surface area contributed by atoms with E-state index in [1.165, 1.54) is 4.90 Å². The molecule has 2 aliphatic heterocycles. The van der Waals surface area contributed by atoms with Gasteiger partial charge in [0.1, 0.15) is 24.1 Å². The summed E-state index contributed by atoms with van der Waals surface area (Å²) in [5, 5.41) is 39.5. The number of amides is 2. The van der Waals surface area contributed by atoms with Gasteiger partial charge in [0.05, 0.1) is 11.4 Å². The normalized spacial score (nSPS) is 27.4. The minimum Gasteiger partial charge on any atom is -0.479 e. The molecule has 2 amide bonds. The van der Waals surface area contributed by atoms with Crippen LogP contribution in [0.25, 0.3) is 11.8 Å². The first-order valence-corrected chi connectivity index (χ1v) is 9.38. The predicted molar refractivity (Wildman–Crippen MR) is 108 cm³/mol. The van der Waals surface area contributed by atoms with Crippen molar-refractivity contribution in [2.45, 2.75) is 30.7 Å². The lowest BCUT2D eigenvalue weighted by molar-refractivity contribution is -0.277. The first-order valence-electron chi connectivity index (χ1n) is 9.38. The lowest BCUT2D eigenvalue weighted by Crippen LogP contribution is -2.60. The van der Waals surface area contributed by atoms with Crippen LogP contribution >= 0.6 is 0 Å². The zero-order valence-electron chi connectivity index (χ0n) is 16.0. The molecule has 6 N–H and O–H groups in total. The molecule has 2 aromatic carbocycles. The molecule has 0 saturated carbocycles. The number of nitrogens with zero attached hydrogens (tertiary/aromatic N) is 1. The molecule has 2 aliphatic rings. The van der Waals surface area contributed by atoms with Crippen LogP contribution in [0.1, 0.15) is 11.1 Å². The molecule has 2 heterocycles. The van der Waals surface area contributed by atoms with E-state index in [1.54, 1.807) is 54.6 Å². The number of aliphatic hydroxyl groups is 3. The number of benzene rings is 2. The van der Waals surface area contributed by atoms with Crippen LogP contribution < -0.4 is 10.6 Å². The number of carboxylic acid groups (broad SMARTS) is 1. The third-order valence-corrected chi connectivity index (χ3v) is 5.15. The van der Waals surface area contributed by atoms with Crippen molar-refractivity contribution in [2.24, 2.45) is 5.73 Å². The van der Waals surface area contributed by atoms with Gasteiger partial charge in [-0.15, -0.1) is 0 Å². The number of nitrogens with two attached hydrogens (primary N) is 1. The smallest absolute Gasteiger partial charge is 0.335 e. The molecule has 1 fully saturated rings. The summed E-state index contributed by atoms with van der Waals surface area (Å²) in [7, 11) is 0. The summed E-state index contributed by atoms with van der Waals surface area (Å²) in [6.45, 7) is 0. The topological polar surface area (TPSA) is 163 Å². The number of anilines is 2. The second-order valence-corrected chi connectivity index (χ2v) is 7.11. The van der Waals surface area contributed by atoms with Crippen molar-refractivity contribution in [1.82, 2.24) is 0 Å². The van der Waals surface area contributed by atoms with E-state index in [4.69, 9.17) is 15.2 Å². The Labute approximate surface area is 176 Å². The van der Waals surface area contributed by atoms with Crippen LogP contribution in [0.2, 0.25) is 0 Å². The SMILES string of the molecule is NC(=O)N1c2ccccc2C=C(O[C@@H]2OC(C(=O)O)[C@@H](O)[C@H](O)[C@@H]2O)c2ccccc21. The molecule has 0 aromatic heterocycles. The Bertz CT molecular complexity index is 1060. The van der Waals surface area contributed by atoms with Gasteiger partial charge < -0.3 is 35.6 Å². The van der Waals surface area contributed by atoms with Crippen LogP contribution in [-0.2, 0) is 14.3 Å². The standard InChI is InChI=1S/C21H20N2O8/c22-21(29)23-12-7-3-1-5-10(12)9-14(11-6-2-4-8-13(11)23)30-20-17(26)15(24)16(25)18(31-20)19(27)28/h1-9,15-18,20,24-26H,(H2,22,29)(H,27,28)/t15-,16-,17-,18?,20+/m0/s1. The molecular formula is C21H20N2O8. The van der Waals surface area contributed by atoms with E-state index in [0.717, 1.165) is 0 Å². The molecule has 31 heavy (non-hydrogen) atoms. The summed E-state index contributed by atoms with van der Waals surface area (Å²) < 4.78 is 11.0. The van der Waals surface area contributed by atoms with E-state index < -0.39 is 42.7 Å². The number of aliphatic hydroxyl groups excluding tert-OH is 3. The third-order valence-electron chi connectivity index (χ3n) is 5.15. The lowest BCUT2D eigenvalue weighted by atomic mass is 9.99. The fraction of sp³-hybridized carbons (Fsp3) is 0.238. The Hall–Kier alpha value is -3.44. The maximum atomic E-state index is 12.3. The molecule has 2 aromatic rings. The third kappa shape index (κ3) is 3.62. The van der Waals surface area contributed by atoms with Gasteiger partial charge in [-0.3, -0.25) is 4.90 Å². The van der Waals surface area contributed by atoms with Gasteiger partial charge in [-0.2, -0.15) is 0 Å². The zero-order chi connectivity index (χ0) is 22.3. The van der Waals surface area contributed by atoms with Crippen molar-refractivity contribution >= 4 is 35.2 Å². The van der Waals surface area contributed by atoms with Crippen LogP contribution in [-0.4, -0.2) is 63.1 Å². The number of hydrogen-bond acceptors (Lipinski definition) is 7. The highest BCUT2D eigenvalue weighted by Crippen LogP contribution is 2.41. The molecule has 0 radical (unpaired) electrons. The number of aliphatic carboxylic acids is 1. The van der Waals surface area contributed by atoms with Crippen molar-refractivity contribution in [3.8, 4) is 0 Å². The molecule has 10 nitrogen and oxygen atoms in total. The van der Waals surface area contributed by atoms with E-state index in [0.29, 0.717) is 22.5 Å². The number of carbonyl (C=O) groups excluding carboxylic acids is 1. The van der Waals surface area contributed by atoms with Gasteiger partial charge in [0.25, 0.3) is 0 Å². The molecule has 10 heteroatoms. The number of ether oxygens (including phenoxy) is 2. The summed E-state index contributed by atoms with van der Waals surface area (Å²) in [4.78, 5) is 25.0. The van der Waals surface area contributed by atoms with E-state index in [2.05, 4.69) is 0 Å². The van der Waals surface area contributed by atoms with Gasteiger partial charge >= 0.3 is 12.0 Å². The molecule has 5 atom stereocenters. The Morgan fingerprint density at radius 3 is 2.26 bits per heavy atom. The second-order valence-electron chi connectivity index (χ2n) is 7.11. The summed E-state index contributed by atoms with van der Waals surface area (Å²) in [5.74, 6) is -1.38. The van der Waals surface area contributed by atoms with Crippen LogP contribution in [0.15, 0.2) is 48.5 Å². The minimum atomic E-state index is -1.84. The molecule has 162 valence electrons. The van der Waals surface area contributed by atoms with E-state index >= 15 is 0 Å². The summed E-state index contributed by atoms with van der Waals surface area (Å²) in [6, 6.07) is 12.9. The molecule has 0 bridgehead atoms. The van der Waals surface area contributed by atoms with Crippen LogP contribution in [0, 0.1) is 0 Å². The molecular weight excluding hydrogens is 408 g/mol. The second kappa shape index (κ2) is 8.00. The monoisotopic (exact) mass is 428 g/mol. The van der Waals surface area contributed by atoms with Crippen LogP contribution in [0.4, 0.5) is 16.2 Å². The molecule has 1 unspecified atom stereocenters. The van der Waals surface area contributed by atoms with Gasteiger partial charge in [-0.05, 0) is 24.3 Å². The Morgan fingerprint density at radius 1 is 0.935 bits per heavy atom. The van der Waals surface area contributed by atoms with Crippen molar-refractivity contribution in [1.29, 1.82) is 0 Å². The average molecular weight is 428 g/mol. The number of hydrogen-bond donors (Lipinski definition) is 5. The Balaban J connectivity index is 1.79. The number of carbonyl (C=O) groups is 2. The van der Waals surface area contributed by atoms with Gasteiger partial charge in [-0.25, -0.2) is 9.59 Å². The Morgan fingerprint density at radius 2 is 1.58 bits per heavy atom. The molecule has 0 aliphatic carbocycles. The largest absolute Gasteiger partial charge is 0.479 e. The van der Waals surface area contributed by atoms with Gasteiger partial charge in [-0.1, -0.05) is 30.3 Å². The fourth-order valence-electron chi connectivity index (χ4n) is 3.65. The highest BCUT2D eigenvalue weighted by Gasteiger charge is 2.48. The van der Waals surface area contributed by atoms with Crippen molar-refractivity contribution in [2.75, 3.05) is 4.90 Å². The number of fused-ring (bicyclic) bond motifs is 2. The molecule has 4 rings (SSSR count). The number of primary amides is 1. The highest BCUT2D eigenvalue weighted by molar-refractivity contribution is 6.06. The Kier molecular flexibility index (Phi) is 5.38. The number of carboxylic acids is 1. The van der Waals surface area contributed by atoms with Crippen molar-refractivity contribution < 1.29 is 39.5 Å². The number of para-hydroxylation sites is 2. The first-order chi connectivity index (χ1) is 14.8. The quantitative estimate of drug-likeness (QED) is 0.475. The van der Waals surface area contributed by atoms with E-state index in [-0.39, 0.29) is 5.76 Å². The first kappa shape index (κ1) is 20.8. The molecule has 1 saturated heterocycles. The number of rotatable bonds is 3. The minimum absolute atomic E-state index is 0.142. The highest BCUT2D eigenvalue weighted by atomic mass is 16.7. The maximum absolute atomic E-state index is 12.3. The van der Waals surface area contributed by atoms with Crippen molar-refractivity contribution in [3.63, 3.8) is 0 Å². The summed E-state index contributed by atoms with van der Waals surface area (Å²) >= 11 is 0. The average Bonchev–Trinajstić information content (AvgIpc) is 2.88. The summed E-state index contributed by atoms with van der Waals surface area (Å²) in [6.07, 6.45) is -7.21. The van der Waals surface area contributed by atoms with Crippen LogP contribution in [0.3, 0.4) is 0 Å². The van der Waals surface area contributed by atoms with Gasteiger partial charge in [0.15, 0.2) is 6.10 Å². The maximum Gasteiger partial charge on any atom is 0.335 e. The van der Waals surface area contributed by atoms with Gasteiger partial charge in [0, 0.05) is 11.1 Å². The van der Waals surface area contributed by atoms with Crippen molar-refractivity contribution in [3.05, 3.63) is 59.7 Å². The lowest BCUT2D eigenvalue weighted by Gasteiger charge is -2.38. The van der Waals surface area contributed by atoms with Crippen LogP contribution in [0.5, 0.6) is 0 Å². The fourth-order valence-corrected chi connectivity index (χ4v) is 3.65. The predicted octanol–water partition coefficient (Wildman–Crippen LogP) is 0.624. The molecule has 0 spiro atoms. The zero-order valence-corrected chi connectivity index (χ0v) is 16.0. The summed E-state index contributed by atoms with van der Waals surface area (Å²) in [5.41, 5.74) is 7.50. The van der Waals surface area contributed by atoms with E-state index in [1.807, 2.05) is 0 Å². The van der Waals surface area contributed by atoms with Gasteiger partial charge in [0.2, 0.25) is 6.29 Å². The number of urea groups is 1. The van der Waals surface area contributed by atoms with E-state index in [9.17, 15) is 30.0 Å².